The fraction of sp³-hybridized carbons (Fsp3) is 0.625. The highest BCUT2D eigenvalue weighted by molar-refractivity contribution is 7.12. The lowest BCUT2D eigenvalue weighted by atomic mass is 9.96. The second-order valence-corrected chi connectivity index (χ2v) is 7.28. The maximum Gasteiger partial charge on any atom is 0.264 e. The van der Waals surface area contributed by atoms with Crippen molar-refractivity contribution in [3.05, 3.63) is 22.4 Å². The number of hydrogen-bond donors (Lipinski definition) is 0. The molecule has 2 fully saturated rings. The van der Waals surface area contributed by atoms with E-state index in [2.05, 4.69) is 4.90 Å². The molecule has 2 aliphatic heterocycles. The van der Waals surface area contributed by atoms with E-state index < -0.39 is 0 Å². The van der Waals surface area contributed by atoms with Gasteiger partial charge < -0.3 is 14.7 Å². The van der Waals surface area contributed by atoms with E-state index in [-0.39, 0.29) is 23.9 Å². The van der Waals surface area contributed by atoms with Gasteiger partial charge in [-0.2, -0.15) is 0 Å². The number of thiophene rings is 1. The van der Waals surface area contributed by atoms with Gasteiger partial charge in [0.05, 0.1) is 17.0 Å². The summed E-state index contributed by atoms with van der Waals surface area (Å²) in [6.07, 6.45) is 2.27. The number of likely N-dealkylation sites (N-methyl/N-ethyl adjacent to an activating group) is 1. The Morgan fingerprint density at radius 2 is 2.18 bits per heavy atom. The Morgan fingerprint density at radius 1 is 1.36 bits per heavy atom. The summed E-state index contributed by atoms with van der Waals surface area (Å²) in [5.41, 5.74) is 0. The van der Waals surface area contributed by atoms with Gasteiger partial charge in [0.25, 0.3) is 5.91 Å². The molecule has 120 valence electrons. The topological polar surface area (TPSA) is 43.9 Å². The number of rotatable bonds is 4. The second-order valence-electron chi connectivity index (χ2n) is 6.33. The molecule has 3 heterocycles. The van der Waals surface area contributed by atoms with E-state index in [1.54, 1.807) is 0 Å². The third-order valence-corrected chi connectivity index (χ3v) is 5.52. The molecule has 2 amide bonds. The number of amides is 2. The molecule has 22 heavy (non-hydrogen) atoms. The Kier molecular flexibility index (Phi) is 4.49. The zero-order valence-electron chi connectivity index (χ0n) is 13.2. The zero-order chi connectivity index (χ0) is 15.7. The summed E-state index contributed by atoms with van der Waals surface area (Å²) in [5, 5.41) is 1.94. The summed E-state index contributed by atoms with van der Waals surface area (Å²) in [5.74, 6) is 0.373. The summed E-state index contributed by atoms with van der Waals surface area (Å²) < 4.78 is 0. The number of carbonyl (C=O) groups excluding carboxylic acids is 2. The van der Waals surface area contributed by atoms with E-state index >= 15 is 0 Å². The molecule has 2 aliphatic rings. The van der Waals surface area contributed by atoms with Gasteiger partial charge in [0.1, 0.15) is 0 Å². The van der Waals surface area contributed by atoms with Gasteiger partial charge in [-0.25, -0.2) is 0 Å². The predicted molar refractivity (Wildman–Crippen MR) is 87.0 cm³/mol. The number of likely N-dealkylation sites (tertiary alicyclic amines) is 2. The highest BCUT2D eigenvalue weighted by Crippen LogP contribution is 2.32. The summed E-state index contributed by atoms with van der Waals surface area (Å²) in [6.45, 7) is 2.39. The van der Waals surface area contributed by atoms with E-state index in [1.807, 2.05) is 41.4 Å². The van der Waals surface area contributed by atoms with Gasteiger partial charge in [0.2, 0.25) is 5.91 Å². The van der Waals surface area contributed by atoms with Crippen LogP contribution in [0.3, 0.4) is 0 Å². The van der Waals surface area contributed by atoms with E-state index in [1.165, 1.54) is 11.3 Å². The molecular formula is C16H23N3O2S. The van der Waals surface area contributed by atoms with Gasteiger partial charge in [-0.1, -0.05) is 6.07 Å². The van der Waals surface area contributed by atoms with Crippen LogP contribution in [0, 0.1) is 0 Å². The van der Waals surface area contributed by atoms with Crippen molar-refractivity contribution in [3.63, 3.8) is 0 Å². The van der Waals surface area contributed by atoms with Crippen LogP contribution in [0.1, 0.15) is 28.9 Å². The molecule has 2 saturated heterocycles. The number of carbonyl (C=O) groups is 2. The first-order chi connectivity index (χ1) is 10.6. The fourth-order valence-corrected chi connectivity index (χ4v) is 4.22. The Labute approximate surface area is 135 Å². The van der Waals surface area contributed by atoms with Crippen LogP contribution in [-0.2, 0) is 4.79 Å². The minimum absolute atomic E-state index is 0.129. The van der Waals surface area contributed by atoms with E-state index in [4.69, 9.17) is 0 Å². The molecule has 1 aromatic heterocycles. The zero-order valence-corrected chi connectivity index (χ0v) is 14.0. The van der Waals surface area contributed by atoms with Gasteiger partial charge in [-0.05, 0) is 38.4 Å². The van der Waals surface area contributed by atoms with E-state index in [0.717, 1.165) is 37.4 Å². The van der Waals surface area contributed by atoms with Crippen molar-refractivity contribution in [2.45, 2.75) is 31.3 Å². The van der Waals surface area contributed by atoms with Crippen LogP contribution in [0.2, 0.25) is 0 Å². The molecule has 1 aromatic rings. The van der Waals surface area contributed by atoms with Gasteiger partial charge in [-0.15, -0.1) is 11.3 Å². The Balaban J connectivity index is 1.72. The van der Waals surface area contributed by atoms with Crippen LogP contribution < -0.4 is 0 Å². The maximum absolute atomic E-state index is 12.6. The third kappa shape index (κ3) is 2.90. The fourth-order valence-electron chi connectivity index (χ4n) is 3.54. The summed E-state index contributed by atoms with van der Waals surface area (Å²) >= 11 is 1.49. The lowest BCUT2D eigenvalue weighted by Crippen LogP contribution is -2.54. The minimum Gasteiger partial charge on any atom is -0.336 e. The Hall–Kier alpha value is -1.40. The quantitative estimate of drug-likeness (QED) is 0.844. The maximum atomic E-state index is 12.6. The first-order valence-electron chi connectivity index (χ1n) is 7.86. The molecule has 5 nitrogen and oxygen atoms in total. The number of piperidine rings is 1. The van der Waals surface area contributed by atoms with Crippen LogP contribution in [0.4, 0.5) is 0 Å². The molecule has 0 aromatic carbocycles. The van der Waals surface area contributed by atoms with Crippen LogP contribution in [-0.4, -0.2) is 72.3 Å². The highest BCUT2D eigenvalue weighted by Gasteiger charge is 2.44. The largest absolute Gasteiger partial charge is 0.336 e. The molecular weight excluding hydrogens is 298 g/mol. The number of nitrogens with zero attached hydrogens (tertiary/aromatic N) is 3. The number of fused-ring (bicyclic) bond motifs is 1. The van der Waals surface area contributed by atoms with Crippen molar-refractivity contribution in [1.29, 1.82) is 0 Å². The Morgan fingerprint density at radius 3 is 2.86 bits per heavy atom. The highest BCUT2D eigenvalue weighted by atomic mass is 32.1. The smallest absolute Gasteiger partial charge is 0.264 e. The van der Waals surface area contributed by atoms with Crippen LogP contribution in [0.25, 0.3) is 0 Å². The van der Waals surface area contributed by atoms with E-state index in [9.17, 15) is 9.59 Å². The SMILES string of the molecule is CN(C)CCN1C(=O)CC[C@@H]2[C@H]1CCN2C(=O)c1cccs1. The van der Waals surface area contributed by atoms with Crippen molar-refractivity contribution >= 4 is 23.2 Å². The van der Waals surface area contributed by atoms with Gasteiger partial charge >= 0.3 is 0 Å². The van der Waals surface area contributed by atoms with Gasteiger partial charge in [0, 0.05) is 26.1 Å². The van der Waals surface area contributed by atoms with Crippen LogP contribution in [0.15, 0.2) is 17.5 Å². The molecule has 0 bridgehead atoms. The summed E-state index contributed by atoms with van der Waals surface area (Å²) in [7, 11) is 4.04. The first kappa shape index (κ1) is 15.5. The van der Waals surface area contributed by atoms with E-state index in [0.29, 0.717) is 6.42 Å². The lowest BCUT2D eigenvalue weighted by molar-refractivity contribution is -0.137. The standard InChI is InChI=1S/C16H23N3O2S/c1-17(2)9-10-18-13-7-8-19(12(13)5-6-15(18)20)16(21)14-4-3-11-22-14/h3-4,11-13H,5-10H2,1-2H3/t12-,13-/m1/s1. The van der Waals surface area contributed by atoms with Crippen molar-refractivity contribution < 1.29 is 9.59 Å². The average molecular weight is 321 g/mol. The van der Waals surface area contributed by atoms with Crippen LogP contribution in [0.5, 0.6) is 0 Å². The molecule has 0 spiro atoms. The molecule has 0 saturated carbocycles. The number of hydrogen-bond acceptors (Lipinski definition) is 4. The molecule has 0 N–H and O–H groups in total. The molecule has 0 aliphatic carbocycles. The molecule has 0 unspecified atom stereocenters. The molecule has 2 atom stereocenters. The van der Waals surface area contributed by atoms with Crippen LogP contribution >= 0.6 is 11.3 Å². The van der Waals surface area contributed by atoms with Gasteiger partial charge in [0.15, 0.2) is 0 Å². The predicted octanol–water partition coefficient (Wildman–Crippen LogP) is 1.52. The third-order valence-electron chi connectivity index (χ3n) is 4.67. The summed E-state index contributed by atoms with van der Waals surface area (Å²) in [6, 6.07) is 4.19. The molecule has 0 radical (unpaired) electrons. The Bertz CT molecular complexity index is 544. The lowest BCUT2D eigenvalue weighted by Gasteiger charge is -2.40. The normalized spacial score (nSPS) is 25.0. The monoisotopic (exact) mass is 321 g/mol. The minimum atomic E-state index is 0.129. The van der Waals surface area contributed by atoms with Crippen molar-refractivity contribution in [1.82, 2.24) is 14.7 Å². The average Bonchev–Trinajstić information content (AvgIpc) is 3.14. The summed E-state index contributed by atoms with van der Waals surface area (Å²) in [4.78, 5) is 31.8. The van der Waals surface area contributed by atoms with Gasteiger partial charge in [-0.3, -0.25) is 9.59 Å². The van der Waals surface area contributed by atoms with Crippen molar-refractivity contribution in [3.8, 4) is 0 Å². The molecule has 6 heteroatoms. The molecule has 3 rings (SSSR count). The van der Waals surface area contributed by atoms with Crippen molar-refractivity contribution in [2.75, 3.05) is 33.7 Å². The second kappa shape index (κ2) is 6.38. The van der Waals surface area contributed by atoms with Crippen molar-refractivity contribution in [2.24, 2.45) is 0 Å². The first-order valence-corrected chi connectivity index (χ1v) is 8.74.